The van der Waals surface area contributed by atoms with E-state index in [0.717, 1.165) is 5.69 Å². The summed E-state index contributed by atoms with van der Waals surface area (Å²) in [7, 11) is 3.06. The molecule has 0 bridgehead atoms. The van der Waals surface area contributed by atoms with Crippen molar-refractivity contribution in [3.8, 4) is 23.5 Å². The molecule has 0 aliphatic rings. The molecule has 0 radical (unpaired) electrons. The molecular formula is C20H21N3O3. The molecule has 1 aromatic heterocycles. The van der Waals surface area contributed by atoms with Crippen molar-refractivity contribution in [2.75, 3.05) is 19.5 Å². The highest BCUT2D eigenvalue weighted by atomic mass is 16.5. The summed E-state index contributed by atoms with van der Waals surface area (Å²) >= 11 is 0. The van der Waals surface area contributed by atoms with E-state index < -0.39 is 0 Å². The lowest BCUT2D eigenvalue weighted by Crippen LogP contribution is -2.02. The van der Waals surface area contributed by atoms with E-state index in [9.17, 15) is 0 Å². The zero-order valence-corrected chi connectivity index (χ0v) is 15.0. The lowest BCUT2D eigenvalue weighted by Gasteiger charge is -2.13. The third kappa shape index (κ3) is 4.42. The fraction of sp³-hybridized carbons (Fsp3) is 0.200. The maximum atomic E-state index is 5.86. The van der Waals surface area contributed by atoms with Crippen LogP contribution in [0.2, 0.25) is 0 Å². The summed E-state index contributed by atoms with van der Waals surface area (Å²) in [6.45, 7) is 2.76. The number of para-hydroxylation sites is 2. The molecule has 2 aromatic carbocycles. The molecule has 26 heavy (non-hydrogen) atoms. The van der Waals surface area contributed by atoms with Gasteiger partial charge < -0.3 is 19.5 Å². The first kappa shape index (κ1) is 17.5. The Kier molecular flexibility index (Phi) is 5.53. The van der Waals surface area contributed by atoms with Gasteiger partial charge in [-0.1, -0.05) is 42.0 Å². The fourth-order valence-electron chi connectivity index (χ4n) is 2.34. The van der Waals surface area contributed by atoms with Crippen LogP contribution in [0.1, 0.15) is 11.1 Å². The first-order chi connectivity index (χ1) is 12.7. The third-order valence-electron chi connectivity index (χ3n) is 3.77. The number of nitrogens with zero attached hydrogens (tertiary/aromatic N) is 2. The van der Waals surface area contributed by atoms with E-state index >= 15 is 0 Å². The van der Waals surface area contributed by atoms with Crippen molar-refractivity contribution in [3.05, 3.63) is 65.7 Å². The fourth-order valence-corrected chi connectivity index (χ4v) is 2.34. The minimum absolute atomic E-state index is 0.158. The third-order valence-corrected chi connectivity index (χ3v) is 3.77. The van der Waals surface area contributed by atoms with Crippen LogP contribution < -0.4 is 19.5 Å². The molecule has 0 spiro atoms. The number of nitrogens with one attached hydrogen (secondary N) is 1. The average Bonchev–Trinajstić information content (AvgIpc) is 2.68. The molecule has 0 amide bonds. The Balaban J connectivity index is 1.77. The van der Waals surface area contributed by atoms with Crippen LogP contribution in [0.3, 0.4) is 0 Å². The van der Waals surface area contributed by atoms with Gasteiger partial charge in [-0.05, 0) is 24.6 Å². The van der Waals surface area contributed by atoms with Crippen molar-refractivity contribution in [2.45, 2.75) is 13.5 Å². The lowest BCUT2D eigenvalue weighted by atomic mass is 10.1. The van der Waals surface area contributed by atoms with Crippen LogP contribution in [0.15, 0.2) is 54.6 Å². The Bertz CT molecular complexity index is 844. The predicted molar refractivity (Wildman–Crippen MR) is 100 cm³/mol. The number of aromatic nitrogens is 2. The van der Waals surface area contributed by atoms with Crippen LogP contribution >= 0.6 is 0 Å². The first-order valence-electron chi connectivity index (χ1n) is 8.21. The molecule has 0 fully saturated rings. The highest BCUT2D eigenvalue weighted by Crippen LogP contribution is 2.30. The number of benzene rings is 2. The number of hydrogen-bond acceptors (Lipinski definition) is 6. The smallest absolute Gasteiger partial charge is 0.328 e. The largest absolute Gasteiger partial charge is 0.481 e. The second-order valence-corrected chi connectivity index (χ2v) is 5.67. The Labute approximate surface area is 152 Å². The van der Waals surface area contributed by atoms with Crippen molar-refractivity contribution in [2.24, 2.45) is 0 Å². The van der Waals surface area contributed by atoms with Gasteiger partial charge in [0, 0.05) is 6.54 Å². The lowest BCUT2D eigenvalue weighted by molar-refractivity contribution is 0.348. The second-order valence-electron chi connectivity index (χ2n) is 5.67. The van der Waals surface area contributed by atoms with E-state index in [4.69, 9.17) is 14.2 Å². The van der Waals surface area contributed by atoms with E-state index in [2.05, 4.69) is 46.5 Å². The summed E-state index contributed by atoms with van der Waals surface area (Å²) in [5.74, 6) is 1.36. The highest BCUT2D eigenvalue weighted by Gasteiger charge is 2.10. The van der Waals surface area contributed by atoms with Gasteiger partial charge in [-0.25, -0.2) is 0 Å². The quantitative estimate of drug-likeness (QED) is 0.688. The molecule has 0 aliphatic carbocycles. The maximum Gasteiger partial charge on any atom is 0.328 e. The van der Waals surface area contributed by atoms with Crippen molar-refractivity contribution in [1.29, 1.82) is 0 Å². The summed E-state index contributed by atoms with van der Waals surface area (Å²) in [6.07, 6.45) is 0. The Morgan fingerprint density at radius 2 is 1.54 bits per heavy atom. The van der Waals surface area contributed by atoms with Crippen LogP contribution in [0.5, 0.6) is 23.5 Å². The van der Waals surface area contributed by atoms with Crippen LogP contribution in [-0.4, -0.2) is 24.2 Å². The van der Waals surface area contributed by atoms with Crippen LogP contribution in [0, 0.1) is 6.92 Å². The molecule has 0 saturated carbocycles. The van der Waals surface area contributed by atoms with Gasteiger partial charge in [0.05, 0.1) is 26.0 Å². The Morgan fingerprint density at radius 1 is 0.885 bits per heavy atom. The summed E-state index contributed by atoms with van der Waals surface area (Å²) in [5.41, 5.74) is 3.27. The van der Waals surface area contributed by atoms with E-state index in [-0.39, 0.29) is 6.01 Å². The molecule has 3 rings (SSSR count). The standard InChI is InChI=1S/C20H21N3O3/c1-14-8-10-15(11-9-14)13-21-16-6-4-5-7-17(16)26-20-22-18(24-2)12-19(23-20)25-3/h4-12,21H,13H2,1-3H3. The average molecular weight is 351 g/mol. The summed E-state index contributed by atoms with van der Waals surface area (Å²) in [6, 6.07) is 17.8. The molecule has 6 nitrogen and oxygen atoms in total. The van der Waals surface area contributed by atoms with Gasteiger partial charge in [-0.15, -0.1) is 0 Å². The second kappa shape index (κ2) is 8.20. The summed E-state index contributed by atoms with van der Waals surface area (Å²) in [5, 5.41) is 3.38. The van der Waals surface area contributed by atoms with Gasteiger partial charge in [0.1, 0.15) is 0 Å². The van der Waals surface area contributed by atoms with Crippen LogP contribution in [-0.2, 0) is 6.54 Å². The number of hydrogen-bond donors (Lipinski definition) is 1. The number of methoxy groups -OCH3 is 2. The minimum Gasteiger partial charge on any atom is -0.481 e. The molecule has 6 heteroatoms. The molecule has 0 saturated heterocycles. The molecule has 1 heterocycles. The predicted octanol–water partition coefficient (Wildman–Crippen LogP) is 4.21. The minimum atomic E-state index is 0.158. The van der Waals surface area contributed by atoms with Crippen molar-refractivity contribution in [3.63, 3.8) is 0 Å². The van der Waals surface area contributed by atoms with Crippen molar-refractivity contribution >= 4 is 5.69 Å². The van der Waals surface area contributed by atoms with E-state index in [0.29, 0.717) is 24.1 Å². The molecular weight excluding hydrogens is 330 g/mol. The molecule has 3 aromatic rings. The van der Waals surface area contributed by atoms with Gasteiger partial charge in [0.25, 0.3) is 0 Å². The molecule has 0 aliphatic heterocycles. The number of anilines is 1. The maximum absolute atomic E-state index is 5.86. The Morgan fingerprint density at radius 3 is 2.19 bits per heavy atom. The SMILES string of the molecule is COc1cc(OC)nc(Oc2ccccc2NCc2ccc(C)cc2)n1. The molecule has 0 atom stereocenters. The van der Waals surface area contributed by atoms with E-state index in [1.54, 1.807) is 6.07 Å². The summed E-state index contributed by atoms with van der Waals surface area (Å²) in [4.78, 5) is 8.40. The summed E-state index contributed by atoms with van der Waals surface area (Å²) < 4.78 is 16.2. The monoisotopic (exact) mass is 351 g/mol. The van der Waals surface area contributed by atoms with Gasteiger partial charge in [-0.3, -0.25) is 0 Å². The topological polar surface area (TPSA) is 65.5 Å². The first-order valence-corrected chi connectivity index (χ1v) is 8.21. The zero-order valence-electron chi connectivity index (χ0n) is 15.0. The van der Waals surface area contributed by atoms with E-state index in [1.165, 1.54) is 25.3 Å². The number of rotatable bonds is 7. The van der Waals surface area contributed by atoms with Gasteiger partial charge in [-0.2, -0.15) is 9.97 Å². The zero-order chi connectivity index (χ0) is 18.4. The molecule has 0 unspecified atom stereocenters. The van der Waals surface area contributed by atoms with Gasteiger partial charge in [0.2, 0.25) is 11.8 Å². The van der Waals surface area contributed by atoms with Crippen LogP contribution in [0.4, 0.5) is 5.69 Å². The van der Waals surface area contributed by atoms with Crippen molar-refractivity contribution < 1.29 is 14.2 Å². The van der Waals surface area contributed by atoms with Crippen molar-refractivity contribution in [1.82, 2.24) is 9.97 Å². The van der Waals surface area contributed by atoms with Gasteiger partial charge in [0.15, 0.2) is 5.75 Å². The van der Waals surface area contributed by atoms with Gasteiger partial charge >= 0.3 is 6.01 Å². The van der Waals surface area contributed by atoms with Crippen LogP contribution in [0.25, 0.3) is 0 Å². The molecule has 1 N–H and O–H groups in total. The Hall–Kier alpha value is -3.28. The molecule has 134 valence electrons. The highest BCUT2D eigenvalue weighted by molar-refractivity contribution is 5.57. The normalized spacial score (nSPS) is 10.3. The number of ether oxygens (including phenoxy) is 3. The van der Waals surface area contributed by atoms with E-state index in [1.807, 2.05) is 24.3 Å². The number of aryl methyl sites for hydroxylation is 1.